The van der Waals surface area contributed by atoms with Crippen molar-refractivity contribution < 1.29 is 8.42 Å². The number of sulfonamides is 1. The summed E-state index contributed by atoms with van der Waals surface area (Å²) in [5, 5.41) is 22.6. The lowest BCUT2D eigenvalue weighted by molar-refractivity contribution is 0.598. The summed E-state index contributed by atoms with van der Waals surface area (Å²) < 4.78 is 22.5. The summed E-state index contributed by atoms with van der Waals surface area (Å²) in [7, 11) is -3.72. The summed E-state index contributed by atoms with van der Waals surface area (Å²) in [6, 6.07) is 13.2. The molecule has 1 heterocycles. The third-order valence-electron chi connectivity index (χ3n) is 4.07. The zero-order valence-corrected chi connectivity index (χ0v) is 16.9. The van der Waals surface area contributed by atoms with E-state index in [9.17, 15) is 13.2 Å². The van der Waals surface area contributed by atoms with Gasteiger partial charge in [-0.3, -0.25) is 4.79 Å². The molecule has 6 N–H and O–H groups in total. The number of anilines is 2. The molecule has 11 heteroatoms. The quantitative estimate of drug-likeness (QED) is 0.278. The van der Waals surface area contributed by atoms with Gasteiger partial charge in [-0.05, 0) is 49.0 Å². The lowest BCUT2D eigenvalue weighted by Gasteiger charge is -2.12. The highest BCUT2D eigenvalue weighted by molar-refractivity contribution is 7.89. The van der Waals surface area contributed by atoms with E-state index in [0.717, 1.165) is 11.8 Å². The third kappa shape index (κ3) is 5.50. The number of aromatic amines is 1. The molecule has 9 nitrogen and oxygen atoms in total. The van der Waals surface area contributed by atoms with Gasteiger partial charge in [0.25, 0.3) is 5.56 Å². The molecule has 0 bridgehead atoms. The van der Waals surface area contributed by atoms with E-state index in [1.165, 1.54) is 12.1 Å². The Labute approximate surface area is 172 Å². The minimum absolute atomic E-state index is 0.0383. The Balaban J connectivity index is 1.45. The highest BCUT2D eigenvalue weighted by Gasteiger charge is 2.07. The van der Waals surface area contributed by atoms with Crippen molar-refractivity contribution in [2.45, 2.75) is 11.3 Å². The molecule has 0 radical (unpaired) electrons. The van der Waals surface area contributed by atoms with E-state index in [-0.39, 0.29) is 10.5 Å². The van der Waals surface area contributed by atoms with Crippen molar-refractivity contribution in [1.29, 1.82) is 0 Å². The van der Waals surface area contributed by atoms with Crippen molar-refractivity contribution in [3.8, 4) is 0 Å². The van der Waals surface area contributed by atoms with Crippen LogP contribution in [0.4, 0.5) is 11.5 Å². The molecule has 1 aromatic heterocycles. The van der Waals surface area contributed by atoms with Crippen LogP contribution in [-0.4, -0.2) is 36.8 Å². The number of primary sulfonamides is 1. The first-order valence-corrected chi connectivity index (χ1v) is 10.7. The van der Waals surface area contributed by atoms with Gasteiger partial charge in [-0.25, -0.2) is 18.7 Å². The molecule has 0 amide bonds. The molecule has 0 aliphatic carbocycles. The van der Waals surface area contributed by atoms with Gasteiger partial charge in [0, 0.05) is 24.2 Å². The van der Waals surface area contributed by atoms with Gasteiger partial charge in [-0.15, -0.1) is 0 Å². The molecule has 0 aliphatic rings. The summed E-state index contributed by atoms with van der Waals surface area (Å²) in [5.41, 5.74) is 0.429. The van der Waals surface area contributed by atoms with Crippen molar-refractivity contribution in [3.05, 3.63) is 58.9 Å². The molecule has 2 aromatic carbocycles. The standard InChI is InChI=1S/C18H20N6O3S2/c19-29(26,27)13-8-6-12(7-9-13)22-18(28)21-11-3-10-20-16-14-4-1-2-5-15(14)17(25)24-23-16/h1-2,4-9H,3,10-11H2,(H,20,23)(H,24,25)(H2,19,26,27)(H2,21,22,28). The van der Waals surface area contributed by atoms with Gasteiger partial charge in [0.05, 0.1) is 10.3 Å². The molecule has 0 spiro atoms. The highest BCUT2D eigenvalue weighted by atomic mass is 32.2. The number of hydrogen-bond acceptors (Lipinski definition) is 6. The Kier molecular flexibility index (Phi) is 6.42. The number of thiocarbonyl (C=S) groups is 1. The number of nitrogens with one attached hydrogen (secondary N) is 4. The predicted molar refractivity (Wildman–Crippen MR) is 118 cm³/mol. The van der Waals surface area contributed by atoms with E-state index in [2.05, 4.69) is 26.1 Å². The zero-order chi connectivity index (χ0) is 20.9. The molecule has 3 rings (SSSR count). The molecule has 0 saturated heterocycles. The lowest BCUT2D eigenvalue weighted by atomic mass is 10.2. The van der Waals surface area contributed by atoms with Crippen molar-refractivity contribution in [3.63, 3.8) is 0 Å². The topological polar surface area (TPSA) is 142 Å². The van der Waals surface area contributed by atoms with Crippen molar-refractivity contribution in [1.82, 2.24) is 15.5 Å². The van der Waals surface area contributed by atoms with E-state index in [1.807, 2.05) is 18.2 Å². The van der Waals surface area contributed by atoms with E-state index >= 15 is 0 Å². The molecule has 0 unspecified atom stereocenters. The SMILES string of the molecule is NS(=O)(=O)c1ccc(NC(=S)NCCCNc2n[nH]c(=O)c3ccccc23)cc1. The molecular weight excluding hydrogens is 412 g/mol. The maximum absolute atomic E-state index is 11.8. The van der Waals surface area contributed by atoms with Gasteiger partial charge in [0.1, 0.15) is 0 Å². The second kappa shape index (κ2) is 8.99. The van der Waals surface area contributed by atoms with Crippen LogP contribution in [0.15, 0.2) is 58.2 Å². The van der Waals surface area contributed by atoms with Crippen LogP contribution in [0, 0.1) is 0 Å². The average Bonchev–Trinajstić information content (AvgIpc) is 2.69. The Morgan fingerprint density at radius 2 is 1.76 bits per heavy atom. The highest BCUT2D eigenvalue weighted by Crippen LogP contribution is 2.16. The normalized spacial score (nSPS) is 11.2. The van der Waals surface area contributed by atoms with Gasteiger partial charge < -0.3 is 16.0 Å². The number of nitrogens with zero attached hydrogens (tertiary/aromatic N) is 1. The minimum atomic E-state index is -3.72. The van der Waals surface area contributed by atoms with Gasteiger partial charge in [-0.2, -0.15) is 5.10 Å². The Morgan fingerprint density at radius 1 is 1.07 bits per heavy atom. The molecule has 0 atom stereocenters. The average molecular weight is 433 g/mol. The second-order valence-corrected chi connectivity index (χ2v) is 8.15. The van der Waals surface area contributed by atoms with Crippen LogP contribution in [-0.2, 0) is 10.0 Å². The fraction of sp³-hybridized carbons (Fsp3) is 0.167. The molecular formula is C18H20N6O3S2. The molecule has 3 aromatic rings. The van der Waals surface area contributed by atoms with Crippen LogP contribution < -0.4 is 26.6 Å². The summed E-state index contributed by atoms with van der Waals surface area (Å²) in [4.78, 5) is 11.8. The van der Waals surface area contributed by atoms with E-state index in [1.54, 1.807) is 18.2 Å². The maximum Gasteiger partial charge on any atom is 0.272 e. The third-order valence-corrected chi connectivity index (χ3v) is 5.24. The fourth-order valence-electron chi connectivity index (χ4n) is 2.65. The molecule has 152 valence electrons. The first-order valence-electron chi connectivity index (χ1n) is 8.73. The summed E-state index contributed by atoms with van der Waals surface area (Å²) >= 11 is 5.23. The van der Waals surface area contributed by atoms with Crippen LogP contribution in [0.5, 0.6) is 0 Å². The van der Waals surface area contributed by atoms with E-state index < -0.39 is 10.0 Å². The molecule has 29 heavy (non-hydrogen) atoms. The lowest BCUT2D eigenvalue weighted by Crippen LogP contribution is -2.30. The Bertz CT molecular complexity index is 1180. The number of aromatic nitrogens is 2. The van der Waals surface area contributed by atoms with Crippen LogP contribution >= 0.6 is 12.2 Å². The monoisotopic (exact) mass is 432 g/mol. The number of hydrogen-bond donors (Lipinski definition) is 5. The van der Waals surface area contributed by atoms with Gasteiger partial charge in [0.2, 0.25) is 10.0 Å². The Morgan fingerprint density at radius 3 is 2.45 bits per heavy atom. The van der Waals surface area contributed by atoms with E-state index in [4.69, 9.17) is 17.4 Å². The maximum atomic E-state index is 11.8. The number of benzene rings is 2. The summed E-state index contributed by atoms with van der Waals surface area (Å²) in [6.07, 6.45) is 0.751. The van der Waals surface area contributed by atoms with Crippen molar-refractivity contribution >= 4 is 49.6 Å². The van der Waals surface area contributed by atoms with Crippen LogP contribution in [0.3, 0.4) is 0 Å². The number of rotatable bonds is 7. The smallest absolute Gasteiger partial charge is 0.272 e. The van der Waals surface area contributed by atoms with Gasteiger partial charge >= 0.3 is 0 Å². The summed E-state index contributed by atoms with van der Waals surface area (Å²) in [5.74, 6) is 0.621. The van der Waals surface area contributed by atoms with Crippen molar-refractivity contribution in [2.75, 3.05) is 23.7 Å². The Hall–Kier alpha value is -3.02. The van der Waals surface area contributed by atoms with Gasteiger partial charge in [-0.1, -0.05) is 18.2 Å². The largest absolute Gasteiger partial charge is 0.368 e. The minimum Gasteiger partial charge on any atom is -0.368 e. The first kappa shape index (κ1) is 20.7. The summed E-state index contributed by atoms with van der Waals surface area (Å²) in [6.45, 7) is 1.23. The molecule has 0 fully saturated rings. The molecule has 0 aliphatic heterocycles. The van der Waals surface area contributed by atoms with Crippen LogP contribution in [0.2, 0.25) is 0 Å². The molecule has 0 saturated carbocycles. The van der Waals surface area contributed by atoms with Crippen LogP contribution in [0.25, 0.3) is 10.8 Å². The van der Waals surface area contributed by atoms with E-state index in [0.29, 0.717) is 35.1 Å². The van der Waals surface area contributed by atoms with Crippen molar-refractivity contribution in [2.24, 2.45) is 5.14 Å². The zero-order valence-electron chi connectivity index (χ0n) is 15.3. The fourth-order valence-corrected chi connectivity index (χ4v) is 3.39. The second-order valence-electron chi connectivity index (χ2n) is 6.18. The van der Waals surface area contributed by atoms with Gasteiger partial charge in [0.15, 0.2) is 10.9 Å². The number of fused-ring (bicyclic) bond motifs is 1. The van der Waals surface area contributed by atoms with Crippen LogP contribution in [0.1, 0.15) is 6.42 Å². The number of nitrogens with two attached hydrogens (primary N) is 1. The predicted octanol–water partition coefficient (Wildman–Crippen LogP) is 1.36. The number of H-pyrrole nitrogens is 1. The first-order chi connectivity index (χ1) is 13.8.